The minimum Gasteiger partial charge on any atom is -0.462 e. The fourth-order valence-corrected chi connectivity index (χ4v) is 7.39. The van der Waals surface area contributed by atoms with Crippen molar-refractivity contribution < 1.29 is 23.8 Å². The number of carbonyl (C=O) groups is 2. The first-order chi connectivity index (χ1) is 31.6. The van der Waals surface area contributed by atoms with E-state index in [9.17, 15) is 9.59 Å². The van der Waals surface area contributed by atoms with Crippen molar-refractivity contribution in [3.05, 3.63) is 85.1 Å². The molecule has 0 aromatic carbocycles. The summed E-state index contributed by atoms with van der Waals surface area (Å²) in [5, 5.41) is 0. The highest BCUT2D eigenvalue weighted by atomic mass is 16.6. The molecule has 0 saturated carbocycles. The van der Waals surface area contributed by atoms with Crippen molar-refractivity contribution in [2.45, 2.75) is 258 Å². The molecule has 0 aliphatic carbocycles. The van der Waals surface area contributed by atoms with Crippen LogP contribution in [0.15, 0.2) is 85.1 Å². The molecule has 0 aliphatic rings. The van der Waals surface area contributed by atoms with Crippen LogP contribution in [0, 0.1) is 0 Å². The SMILES string of the molecule is CC/C=C\C/C=C\C/C=C\C/C=C\CCCCC(=O)OCC(COCCCCCCCCC/C=C\C/C=C\C/C=C\CCCCC)OC(=O)CCCCCCCCCCCCCCC. The van der Waals surface area contributed by atoms with Crippen molar-refractivity contribution in [1.29, 1.82) is 0 Å². The molecule has 0 rings (SSSR count). The number of rotatable bonds is 49. The Morgan fingerprint density at radius 2 is 0.703 bits per heavy atom. The van der Waals surface area contributed by atoms with Gasteiger partial charge in [0.2, 0.25) is 0 Å². The number of hydrogen-bond donors (Lipinski definition) is 0. The molecule has 0 heterocycles. The molecule has 0 amide bonds. The van der Waals surface area contributed by atoms with Gasteiger partial charge in [-0.15, -0.1) is 0 Å². The third-order valence-electron chi connectivity index (χ3n) is 11.4. The molecule has 0 N–H and O–H groups in total. The maximum atomic E-state index is 12.8. The molecule has 0 bridgehead atoms. The first-order valence-electron chi connectivity index (χ1n) is 27.1. The van der Waals surface area contributed by atoms with E-state index in [1.165, 1.54) is 135 Å². The summed E-state index contributed by atoms with van der Waals surface area (Å²) >= 11 is 0. The molecule has 64 heavy (non-hydrogen) atoms. The van der Waals surface area contributed by atoms with Crippen LogP contribution in [0.4, 0.5) is 0 Å². The van der Waals surface area contributed by atoms with E-state index >= 15 is 0 Å². The van der Waals surface area contributed by atoms with Gasteiger partial charge in [-0.25, -0.2) is 0 Å². The molecule has 0 aromatic heterocycles. The van der Waals surface area contributed by atoms with E-state index in [-0.39, 0.29) is 25.2 Å². The lowest BCUT2D eigenvalue weighted by Crippen LogP contribution is -2.30. The monoisotopic (exact) mass is 891 g/mol. The average Bonchev–Trinajstić information content (AvgIpc) is 3.30. The molecule has 368 valence electrons. The number of esters is 2. The van der Waals surface area contributed by atoms with Crippen LogP contribution >= 0.6 is 0 Å². The second kappa shape index (κ2) is 54.4. The van der Waals surface area contributed by atoms with Gasteiger partial charge in [-0.05, 0) is 96.3 Å². The van der Waals surface area contributed by atoms with Crippen LogP contribution in [0.5, 0.6) is 0 Å². The van der Waals surface area contributed by atoms with Gasteiger partial charge in [0.15, 0.2) is 6.10 Å². The molecule has 0 aromatic rings. The topological polar surface area (TPSA) is 61.8 Å². The van der Waals surface area contributed by atoms with Gasteiger partial charge in [-0.1, -0.05) is 228 Å². The van der Waals surface area contributed by atoms with E-state index in [1.807, 2.05) is 0 Å². The highest BCUT2D eigenvalue weighted by Gasteiger charge is 2.17. The number of ether oxygens (including phenoxy) is 3. The lowest BCUT2D eigenvalue weighted by molar-refractivity contribution is -0.163. The summed E-state index contributed by atoms with van der Waals surface area (Å²) in [6.07, 6.45) is 71.7. The van der Waals surface area contributed by atoms with Gasteiger partial charge in [0.1, 0.15) is 6.61 Å². The van der Waals surface area contributed by atoms with Gasteiger partial charge in [0.05, 0.1) is 6.61 Å². The molecular weight excluding hydrogens is 789 g/mol. The number of allylic oxidation sites excluding steroid dienone is 14. The van der Waals surface area contributed by atoms with E-state index in [0.717, 1.165) is 83.5 Å². The van der Waals surface area contributed by atoms with Gasteiger partial charge in [-0.3, -0.25) is 9.59 Å². The largest absolute Gasteiger partial charge is 0.462 e. The van der Waals surface area contributed by atoms with E-state index in [0.29, 0.717) is 19.4 Å². The maximum Gasteiger partial charge on any atom is 0.306 e. The van der Waals surface area contributed by atoms with Crippen LogP contribution < -0.4 is 0 Å². The van der Waals surface area contributed by atoms with Crippen LogP contribution in [0.2, 0.25) is 0 Å². The standard InChI is InChI=1S/C59H102O5/c1-4-7-10-13-16-19-22-25-27-28-29-30-31-33-36-39-42-45-48-51-54-62-55-57(64-59(61)53-50-47-44-41-38-34-24-21-18-15-12-9-6-3)56-63-58(60)52-49-46-43-40-37-35-32-26-23-20-17-14-11-8-5-2/h8,11,16-17,19-20,25-27,29-30,32,37,40,57H,4-7,9-10,12-15,18,21-24,28,31,33-36,38-39,41-56H2,1-3H3/b11-8-,19-16-,20-17-,27-25-,30-29-,32-26-,40-37-. The zero-order chi connectivity index (χ0) is 46.3. The van der Waals surface area contributed by atoms with Crippen LogP contribution in [0.1, 0.15) is 252 Å². The summed E-state index contributed by atoms with van der Waals surface area (Å²) in [5.74, 6) is -0.447. The molecule has 0 radical (unpaired) electrons. The quantitative estimate of drug-likeness (QED) is 0.0346. The fraction of sp³-hybridized carbons (Fsp3) is 0.729. The Bertz CT molecular complexity index is 1190. The molecule has 1 unspecified atom stereocenters. The Morgan fingerprint density at radius 3 is 1.19 bits per heavy atom. The summed E-state index contributed by atoms with van der Waals surface area (Å²) in [6, 6.07) is 0. The van der Waals surface area contributed by atoms with Gasteiger partial charge in [0.25, 0.3) is 0 Å². The molecule has 5 nitrogen and oxygen atoms in total. The molecular formula is C59H102O5. The van der Waals surface area contributed by atoms with Crippen molar-refractivity contribution in [1.82, 2.24) is 0 Å². The summed E-state index contributed by atoms with van der Waals surface area (Å²) in [4.78, 5) is 25.4. The molecule has 0 spiro atoms. The van der Waals surface area contributed by atoms with E-state index < -0.39 is 6.10 Å². The van der Waals surface area contributed by atoms with Gasteiger partial charge < -0.3 is 14.2 Å². The number of carbonyl (C=O) groups excluding carboxylic acids is 2. The highest BCUT2D eigenvalue weighted by molar-refractivity contribution is 5.70. The Morgan fingerprint density at radius 1 is 0.359 bits per heavy atom. The van der Waals surface area contributed by atoms with Crippen molar-refractivity contribution >= 4 is 11.9 Å². The van der Waals surface area contributed by atoms with E-state index in [4.69, 9.17) is 14.2 Å². The molecule has 0 aliphatic heterocycles. The van der Waals surface area contributed by atoms with Crippen molar-refractivity contribution in [2.75, 3.05) is 19.8 Å². The maximum absolute atomic E-state index is 12.8. The first-order valence-corrected chi connectivity index (χ1v) is 27.1. The second-order valence-corrected chi connectivity index (χ2v) is 17.8. The molecule has 0 saturated heterocycles. The van der Waals surface area contributed by atoms with Crippen molar-refractivity contribution in [3.8, 4) is 0 Å². The predicted octanol–water partition coefficient (Wildman–Crippen LogP) is 18.5. The second-order valence-electron chi connectivity index (χ2n) is 17.8. The average molecular weight is 891 g/mol. The number of hydrogen-bond acceptors (Lipinski definition) is 5. The summed E-state index contributed by atoms with van der Waals surface area (Å²) < 4.78 is 17.4. The van der Waals surface area contributed by atoms with Crippen LogP contribution in [0.25, 0.3) is 0 Å². The highest BCUT2D eigenvalue weighted by Crippen LogP contribution is 2.15. The first kappa shape index (κ1) is 61.1. The Kier molecular flexibility index (Phi) is 51.9. The zero-order valence-corrected chi connectivity index (χ0v) is 42.3. The van der Waals surface area contributed by atoms with Crippen LogP contribution in [0.3, 0.4) is 0 Å². The lowest BCUT2D eigenvalue weighted by atomic mass is 10.0. The third kappa shape index (κ3) is 51.7. The minimum absolute atomic E-state index is 0.0583. The van der Waals surface area contributed by atoms with Gasteiger partial charge in [-0.2, -0.15) is 0 Å². The predicted molar refractivity (Wildman–Crippen MR) is 279 cm³/mol. The molecule has 0 fully saturated rings. The molecule has 1 atom stereocenters. The van der Waals surface area contributed by atoms with Crippen LogP contribution in [-0.4, -0.2) is 37.9 Å². The van der Waals surface area contributed by atoms with E-state index in [1.54, 1.807) is 0 Å². The van der Waals surface area contributed by atoms with Crippen molar-refractivity contribution in [2.24, 2.45) is 0 Å². The number of unbranched alkanes of at least 4 members (excludes halogenated alkanes) is 24. The third-order valence-corrected chi connectivity index (χ3v) is 11.4. The Hall–Kier alpha value is -2.92. The van der Waals surface area contributed by atoms with E-state index in [2.05, 4.69) is 106 Å². The normalized spacial score (nSPS) is 12.9. The summed E-state index contributed by atoms with van der Waals surface area (Å²) in [5.41, 5.74) is 0. The summed E-state index contributed by atoms with van der Waals surface area (Å²) in [6.45, 7) is 7.63. The Balaban J connectivity index is 4.33. The van der Waals surface area contributed by atoms with Crippen molar-refractivity contribution in [3.63, 3.8) is 0 Å². The smallest absolute Gasteiger partial charge is 0.306 e. The summed E-state index contributed by atoms with van der Waals surface area (Å²) in [7, 11) is 0. The Labute approximate surface area is 397 Å². The van der Waals surface area contributed by atoms with Gasteiger partial charge in [0, 0.05) is 19.4 Å². The zero-order valence-electron chi connectivity index (χ0n) is 42.3. The minimum atomic E-state index is -0.560. The van der Waals surface area contributed by atoms with Gasteiger partial charge >= 0.3 is 11.9 Å². The molecule has 5 heteroatoms. The fourth-order valence-electron chi connectivity index (χ4n) is 7.39. The van der Waals surface area contributed by atoms with Crippen LogP contribution in [-0.2, 0) is 23.8 Å². The lowest BCUT2D eigenvalue weighted by Gasteiger charge is -2.18.